The number of aromatic nitrogens is 1. The van der Waals surface area contributed by atoms with Crippen LogP contribution in [0.1, 0.15) is 11.3 Å². The summed E-state index contributed by atoms with van der Waals surface area (Å²) in [6, 6.07) is 4.19. The molecule has 0 atom stereocenters. The molecule has 0 amide bonds. The second kappa shape index (κ2) is 5.83. The molecule has 0 saturated heterocycles. The van der Waals surface area contributed by atoms with Gasteiger partial charge in [0.1, 0.15) is 0 Å². The highest BCUT2D eigenvalue weighted by molar-refractivity contribution is 7.99. The third kappa shape index (κ3) is 3.94. The number of rotatable bonds is 4. The van der Waals surface area contributed by atoms with Crippen LogP contribution >= 0.6 is 11.8 Å². The van der Waals surface area contributed by atoms with Gasteiger partial charge in [0.2, 0.25) is 0 Å². The Hall–Kier alpha value is -0.800. The lowest BCUT2D eigenvalue weighted by molar-refractivity contribution is 1.05. The molecule has 0 bridgehead atoms. The molecule has 0 spiro atoms. The minimum absolute atomic E-state index is 0.612. The molecule has 0 aromatic carbocycles. The number of thioether (sulfide) groups is 1. The molecule has 0 aliphatic rings. The molecule has 1 aromatic heterocycles. The summed E-state index contributed by atoms with van der Waals surface area (Å²) in [6.45, 7) is 4.72. The topological polar surface area (TPSA) is 38.9 Å². The lowest BCUT2D eigenvalue weighted by Gasteiger charge is -2.01. The summed E-state index contributed by atoms with van der Waals surface area (Å²) in [5.41, 5.74) is 7.69. The van der Waals surface area contributed by atoms with Crippen molar-refractivity contribution >= 4 is 11.8 Å². The highest BCUT2D eigenvalue weighted by atomic mass is 32.2. The van der Waals surface area contributed by atoms with Crippen molar-refractivity contribution < 1.29 is 0 Å². The maximum Gasteiger partial charge on any atom is 0.0968 e. The minimum Gasteiger partial charge on any atom is -0.327 e. The Kier molecular flexibility index (Phi) is 4.70. The lowest BCUT2D eigenvalue weighted by Crippen LogP contribution is -1.92. The molecule has 14 heavy (non-hydrogen) atoms. The first-order valence-corrected chi connectivity index (χ1v) is 5.64. The van der Waals surface area contributed by atoms with E-state index in [-0.39, 0.29) is 0 Å². The third-order valence-corrected chi connectivity index (χ3v) is 2.57. The minimum atomic E-state index is 0.612. The van der Waals surface area contributed by atoms with Crippen molar-refractivity contribution in [1.29, 1.82) is 0 Å². The lowest BCUT2D eigenvalue weighted by atomic mass is 10.3. The van der Waals surface area contributed by atoms with Crippen LogP contribution in [0.4, 0.5) is 0 Å². The fourth-order valence-corrected chi connectivity index (χ4v) is 2.06. The van der Waals surface area contributed by atoms with Crippen LogP contribution in [0.15, 0.2) is 29.3 Å². The zero-order valence-electron chi connectivity index (χ0n) is 8.66. The number of hydrogen-bond donors (Lipinski definition) is 1. The van der Waals surface area contributed by atoms with Gasteiger partial charge in [-0.3, -0.25) is 0 Å². The summed E-state index contributed by atoms with van der Waals surface area (Å²) < 4.78 is 0. The van der Waals surface area contributed by atoms with Gasteiger partial charge in [0.15, 0.2) is 0 Å². The summed E-state index contributed by atoms with van der Waals surface area (Å²) in [5.74, 6) is 0.938. The molecule has 1 heterocycles. The van der Waals surface area contributed by atoms with Crippen LogP contribution in [0, 0.1) is 13.8 Å². The van der Waals surface area contributed by atoms with E-state index in [0.29, 0.717) is 6.54 Å². The number of nitrogens with two attached hydrogens (primary N) is 1. The molecular formula is C11H16N2S. The summed E-state index contributed by atoms with van der Waals surface area (Å²) >= 11 is 1.74. The van der Waals surface area contributed by atoms with Crippen LogP contribution in [0.3, 0.4) is 0 Å². The van der Waals surface area contributed by atoms with E-state index in [1.165, 1.54) is 5.56 Å². The Morgan fingerprint density at radius 3 is 2.79 bits per heavy atom. The maximum absolute atomic E-state index is 5.34. The van der Waals surface area contributed by atoms with Crippen molar-refractivity contribution in [3.63, 3.8) is 0 Å². The first kappa shape index (κ1) is 11.3. The molecule has 0 fully saturated rings. The number of pyridine rings is 1. The van der Waals surface area contributed by atoms with Crippen LogP contribution in [-0.4, -0.2) is 17.3 Å². The summed E-state index contributed by atoms with van der Waals surface area (Å²) in [7, 11) is 0. The predicted molar refractivity (Wildman–Crippen MR) is 62.6 cm³/mol. The maximum atomic E-state index is 5.34. The monoisotopic (exact) mass is 208 g/mol. The molecule has 0 saturated carbocycles. The highest BCUT2D eigenvalue weighted by Gasteiger charge is 1.96. The van der Waals surface area contributed by atoms with Crippen molar-refractivity contribution in [2.75, 3.05) is 12.3 Å². The number of aryl methyl sites for hydroxylation is 2. The molecule has 0 unspecified atom stereocenters. The summed E-state index contributed by atoms with van der Waals surface area (Å²) in [5, 5.41) is 1.09. The SMILES string of the molecule is Cc1cc(C)nc(SC/C=C/CN)c1. The summed E-state index contributed by atoms with van der Waals surface area (Å²) in [6.07, 6.45) is 4.04. The van der Waals surface area contributed by atoms with Crippen molar-refractivity contribution in [3.05, 3.63) is 35.5 Å². The quantitative estimate of drug-likeness (QED) is 0.609. The molecule has 1 aromatic rings. The van der Waals surface area contributed by atoms with E-state index in [1.807, 2.05) is 13.0 Å². The van der Waals surface area contributed by atoms with Crippen molar-refractivity contribution in [3.8, 4) is 0 Å². The van der Waals surface area contributed by atoms with Crippen molar-refractivity contribution in [1.82, 2.24) is 4.98 Å². The van der Waals surface area contributed by atoms with E-state index in [4.69, 9.17) is 5.73 Å². The smallest absolute Gasteiger partial charge is 0.0968 e. The van der Waals surface area contributed by atoms with Gasteiger partial charge in [-0.15, -0.1) is 11.8 Å². The van der Waals surface area contributed by atoms with E-state index in [1.54, 1.807) is 11.8 Å². The van der Waals surface area contributed by atoms with Crippen molar-refractivity contribution in [2.24, 2.45) is 5.73 Å². The second-order valence-electron chi connectivity index (χ2n) is 3.14. The van der Waals surface area contributed by atoms with Gasteiger partial charge in [0, 0.05) is 18.0 Å². The zero-order valence-corrected chi connectivity index (χ0v) is 9.47. The van der Waals surface area contributed by atoms with E-state index in [2.05, 4.69) is 30.1 Å². The Labute approximate surface area is 89.6 Å². The Bertz CT molecular complexity index is 301. The molecule has 1 rings (SSSR count). The third-order valence-electron chi connectivity index (χ3n) is 1.70. The van der Waals surface area contributed by atoms with Crippen LogP contribution in [-0.2, 0) is 0 Å². The van der Waals surface area contributed by atoms with Gasteiger partial charge < -0.3 is 5.73 Å². The fourth-order valence-electron chi connectivity index (χ4n) is 1.18. The second-order valence-corrected chi connectivity index (χ2v) is 4.18. The molecule has 2 N–H and O–H groups in total. The van der Waals surface area contributed by atoms with Gasteiger partial charge in [-0.05, 0) is 31.5 Å². The van der Waals surface area contributed by atoms with E-state index in [9.17, 15) is 0 Å². The first-order chi connectivity index (χ1) is 6.72. The molecule has 76 valence electrons. The molecule has 3 heteroatoms. The number of hydrogen-bond acceptors (Lipinski definition) is 3. The molecule has 2 nitrogen and oxygen atoms in total. The van der Waals surface area contributed by atoms with Crippen molar-refractivity contribution in [2.45, 2.75) is 18.9 Å². The summed E-state index contributed by atoms with van der Waals surface area (Å²) in [4.78, 5) is 4.43. The Morgan fingerprint density at radius 1 is 1.36 bits per heavy atom. The fraction of sp³-hybridized carbons (Fsp3) is 0.364. The van der Waals surface area contributed by atoms with Crippen LogP contribution < -0.4 is 5.73 Å². The van der Waals surface area contributed by atoms with Gasteiger partial charge >= 0.3 is 0 Å². The molecule has 0 radical (unpaired) electrons. The molecule has 0 aliphatic carbocycles. The predicted octanol–water partition coefficient (Wildman–Crippen LogP) is 2.31. The average Bonchev–Trinajstić information content (AvgIpc) is 2.11. The van der Waals surface area contributed by atoms with E-state index >= 15 is 0 Å². The standard InChI is InChI=1S/C11H16N2S/c1-9-7-10(2)13-11(8-9)14-6-4-3-5-12/h3-4,7-8H,5-6,12H2,1-2H3/b4-3+. The van der Waals surface area contributed by atoms with Gasteiger partial charge in [0.25, 0.3) is 0 Å². The number of nitrogens with zero attached hydrogens (tertiary/aromatic N) is 1. The Balaban J connectivity index is 2.54. The average molecular weight is 208 g/mol. The molecular weight excluding hydrogens is 192 g/mol. The van der Waals surface area contributed by atoms with E-state index in [0.717, 1.165) is 16.5 Å². The first-order valence-electron chi connectivity index (χ1n) is 4.65. The zero-order chi connectivity index (χ0) is 10.4. The van der Waals surface area contributed by atoms with Gasteiger partial charge in [0.05, 0.1) is 5.03 Å². The van der Waals surface area contributed by atoms with Crippen LogP contribution in [0.25, 0.3) is 0 Å². The van der Waals surface area contributed by atoms with Crippen LogP contribution in [0.5, 0.6) is 0 Å². The van der Waals surface area contributed by atoms with Gasteiger partial charge in [-0.2, -0.15) is 0 Å². The van der Waals surface area contributed by atoms with E-state index < -0.39 is 0 Å². The van der Waals surface area contributed by atoms with Crippen LogP contribution in [0.2, 0.25) is 0 Å². The molecule has 0 aliphatic heterocycles. The van der Waals surface area contributed by atoms with Gasteiger partial charge in [-0.1, -0.05) is 12.2 Å². The van der Waals surface area contributed by atoms with Gasteiger partial charge in [-0.25, -0.2) is 4.98 Å². The Morgan fingerprint density at radius 2 is 2.14 bits per heavy atom. The largest absolute Gasteiger partial charge is 0.327 e. The highest BCUT2D eigenvalue weighted by Crippen LogP contribution is 2.17. The normalized spacial score (nSPS) is 11.1.